The van der Waals surface area contributed by atoms with Crippen LogP contribution in [0.25, 0.3) is 0 Å². The molecule has 3 nitrogen and oxygen atoms in total. The summed E-state index contributed by atoms with van der Waals surface area (Å²) in [7, 11) is 0. The number of rotatable bonds is 3. The van der Waals surface area contributed by atoms with Gasteiger partial charge in [0, 0.05) is 12.1 Å². The summed E-state index contributed by atoms with van der Waals surface area (Å²) in [6.07, 6.45) is -4.28. The molecule has 6 heteroatoms. The molecule has 0 aromatic heterocycles. The van der Waals surface area contributed by atoms with Gasteiger partial charge in [0.05, 0.1) is 0 Å². The second-order valence-electron chi connectivity index (χ2n) is 3.49. The first-order valence-electron chi connectivity index (χ1n) is 5.74. The van der Waals surface area contributed by atoms with Crippen molar-refractivity contribution in [2.45, 2.75) is 33.5 Å². The van der Waals surface area contributed by atoms with E-state index in [0.717, 1.165) is 5.56 Å². The van der Waals surface area contributed by atoms with Crippen LogP contribution in [0.2, 0.25) is 0 Å². The van der Waals surface area contributed by atoms with E-state index in [1.807, 2.05) is 13.8 Å². The lowest BCUT2D eigenvalue weighted by Crippen LogP contribution is -2.36. The van der Waals surface area contributed by atoms with Crippen molar-refractivity contribution in [1.82, 2.24) is 5.32 Å². The number of hydrogen-bond acceptors (Lipinski definition) is 2. The van der Waals surface area contributed by atoms with Crippen molar-refractivity contribution in [2.75, 3.05) is 0 Å². The molecule has 1 aromatic rings. The molecule has 0 heterocycles. The van der Waals surface area contributed by atoms with E-state index in [4.69, 9.17) is 0 Å². The van der Waals surface area contributed by atoms with Gasteiger partial charge in [0.15, 0.2) is 0 Å². The van der Waals surface area contributed by atoms with Gasteiger partial charge >= 0.3 is 12.1 Å². The molecule has 1 rings (SSSR count). The van der Waals surface area contributed by atoms with Gasteiger partial charge in [-0.25, -0.2) is 0 Å². The number of nitrogens with one attached hydrogen (secondary N) is 1. The summed E-state index contributed by atoms with van der Waals surface area (Å²) in [5.41, 5.74) is 1.56. The van der Waals surface area contributed by atoms with Crippen molar-refractivity contribution in [3.05, 3.63) is 34.9 Å². The van der Waals surface area contributed by atoms with Crippen LogP contribution < -0.4 is 5.32 Å². The second kappa shape index (κ2) is 7.56. The first kappa shape index (κ1) is 17.2. The maximum absolute atomic E-state index is 11.9. The fourth-order valence-corrected chi connectivity index (χ4v) is 1.21. The normalized spacial score (nSPS) is 10.2. The molecule has 0 saturated heterocycles. The SMILES string of the molecule is CC.Cc1ccc(CNC(=O)C(F)(F)F)cc1C=O. The maximum atomic E-state index is 11.9. The molecule has 0 aliphatic rings. The Morgan fingerprint density at radius 3 is 2.37 bits per heavy atom. The minimum atomic E-state index is -4.89. The Balaban J connectivity index is 0.00000154. The third kappa shape index (κ3) is 5.54. The number of hydrogen-bond donors (Lipinski definition) is 1. The zero-order chi connectivity index (χ0) is 15.1. The van der Waals surface area contributed by atoms with Crippen LogP contribution in [0.1, 0.15) is 35.3 Å². The summed E-state index contributed by atoms with van der Waals surface area (Å²) < 4.78 is 35.7. The maximum Gasteiger partial charge on any atom is 0.471 e. The van der Waals surface area contributed by atoms with E-state index >= 15 is 0 Å². The van der Waals surface area contributed by atoms with Crippen LogP contribution in [-0.2, 0) is 11.3 Å². The smallest absolute Gasteiger partial charge is 0.344 e. The van der Waals surface area contributed by atoms with E-state index in [2.05, 4.69) is 0 Å². The van der Waals surface area contributed by atoms with Crippen LogP contribution in [0, 0.1) is 6.92 Å². The fraction of sp³-hybridized carbons (Fsp3) is 0.385. The van der Waals surface area contributed by atoms with E-state index in [1.165, 1.54) is 6.07 Å². The molecule has 0 aliphatic carbocycles. The molecule has 0 unspecified atom stereocenters. The Bertz CT molecular complexity index is 442. The van der Waals surface area contributed by atoms with Crippen LogP contribution in [-0.4, -0.2) is 18.4 Å². The lowest BCUT2D eigenvalue weighted by atomic mass is 10.1. The predicted octanol–water partition coefficient (Wildman–Crippen LogP) is 3.01. The van der Waals surface area contributed by atoms with Crippen LogP contribution in [0.4, 0.5) is 13.2 Å². The summed E-state index contributed by atoms with van der Waals surface area (Å²) in [4.78, 5) is 21.2. The number of carbonyl (C=O) groups excluding carboxylic acids is 2. The minimum Gasteiger partial charge on any atom is -0.344 e. The Labute approximate surface area is 109 Å². The summed E-state index contributed by atoms with van der Waals surface area (Å²) >= 11 is 0. The summed E-state index contributed by atoms with van der Waals surface area (Å²) in [5.74, 6) is -1.99. The van der Waals surface area contributed by atoms with Gasteiger partial charge in [-0.15, -0.1) is 0 Å². The third-order valence-electron chi connectivity index (χ3n) is 2.18. The molecular weight excluding hydrogens is 259 g/mol. The molecule has 0 saturated carbocycles. The van der Waals surface area contributed by atoms with Gasteiger partial charge in [0.25, 0.3) is 0 Å². The molecule has 1 aromatic carbocycles. The molecule has 106 valence electrons. The van der Waals surface area contributed by atoms with Crippen molar-refractivity contribution >= 4 is 12.2 Å². The van der Waals surface area contributed by atoms with Crippen molar-refractivity contribution in [3.8, 4) is 0 Å². The van der Waals surface area contributed by atoms with Crippen LogP contribution >= 0.6 is 0 Å². The van der Waals surface area contributed by atoms with Crippen molar-refractivity contribution < 1.29 is 22.8 Å². The number of amides is 1. The Morgan fingerprint density at radius 1 is 1.32 bits per heavy atom. The monoisotopic (exact) mass is 275 g/mol. The lowest BCUT2D eigenvalue weighted by Gasteiger charge is -2.08. The zero-order valence-electron chi connectivity index (χ0n) is 11.0. The standard InChI is InChI=1S/C11H10F3NO2.C2H6/c1-7-2-3-8(4-9(7)6-16)5-15-10(17)11(12,13)14;1-2/h2-4,6H,5H2,1H3,(H,15,17);1-2H3. The molecular formula is C13H16F3NO2. The van der Waals surface area contributed by atoms with Crippen LogP contribution in [0.15, 0.2) is 18.2 Å². The van der Waals surface area contributed by atoms with E-state index in [9.17, 15) is 22.8 Å². The van der Waals surface area contributed by atoms with E-state index in [0.29, 0.717) is 17.4 Å². The summed E-state index contributed by atoms with van der Waals surface area (Å²) in [6, 6.07) is 4.61. The number of benzene rings is 1. The highest BCUT2D eigenvalue weighted by molar-refractivity contribution is 5.81. The highest BCUT2D eigenvalue weighted by atomic mass is 19.4. The lowest BCUT2D eigenvalue weighted by molar-refractivity contribution is -0.173. The zero-order valence-corrected chi connectivity index (χ0v) is 11.0. The molecule has 1 amide bonds. The third-order valence-corrected chi connectivity index (χ3v) is 2.18. The van der Waals surface area contributed by atoms with Crippen LogP contribution in [0.5, 0.6) is 0 Å². The first-order valence-corrected chi connectivity index (χ1v) is 5.74. The van der Waals surface area contributed by atoms with E-state index < -0.39 is 12.1 Å². The van der Waals surface area contributed by atoms with Crippen LogP contribution in [0.3, 0.4) is 0 Å². The molecule has 1 N–H and O–H groups in total. The molecule has 0 radical (unpaired) electrons. The molecule has 0 atom stereocenters. The van der Waals surface area contributed by atoms with Gasteiger partial charge in [0.1, 0.15) is 6.29 Å². The Kier molecular flexibility index (Phi) is 6.82. The van der Waals surface area contributed by atoms with Crippen molar-refractivity contribution in [2.24, 2.45) is 0 Å². The quantitative estimate of drug-likeness (QED) is 0.862. The average molecular weight is 275 g/mol. The van der Waals surface area contributed by atoms with Crippen molar-refractivity contribution in [1.29, 1.82) is 0 Å². The molecule has 0 aliphatic heterocycles. The molecule has 0 fully saturated rings. The summed E-state index contributed by atoms with van der Waals surface area (Å²) in [6.45, 7) is 5.45. The number of alkyl halides is 3. The predicted molar refractivity (Wildman–Crippen MR) is 65.8 cm³/mol. The molecule has 19 heavy (non-hydrogen) atoms. The van der Waals surface area contributed by atoms with E-state index in [-0.39, 0.29) is 6.54 Å². The number of aldehydes is 1. The number of halogens is 3. The Morgan fingerprint density at radius 2 is 1.89 bits per heavy atom. The summed E-state index contributed by atoms with van der Waals surface area (Å²) in [5, 5.41) is 1.73. The highest BCUT2D eigenvalue weighted by Gasteiger charge is 2.38. The minimum absolute atomic E-state index is 0.264. The van der Waals surface area contributed by atoms with Gasteiger partial charge in [0.2, 0.25) is 0 Å². The van der Waals surface area contributed by atoms with Gasteiger partial charge in [-0.1, -0.05) is 26.0 Å². The second-order valence-corrected chi connectivity index (χ2v) is 3.49. The number of carbonyl (C=O) groups is 2. The number of aryl methyl sites for hydroxylation is 1. The van der Waals surface area contributed by atoms with Crippen molar-refractivity contribution in [3.63, 3.8) is 0 Å². The Hall–Kier alpha value is -1.85. The molecule has 0 spiro atoms. The topological polar surface area (TPSA) is 46.2 Å². The van der Waals surface area contributed by atoms with Gasteiger partial charge in [-0.05, 0) is 24.1 Å². The molecule has 0 bridgehead atoms. The average Bonchev–Trinajstić information content (AvgIpc) is 2.38. The van der Waals surface area contributed by atoms with Gasteiger partial charge < -0.3 is 5.32 Å². The van der Waals surface area contributed by atoms with Gasteiger partial charge in [-0.2, -0.15) is 13.2 Å². The van der Waals surface area contributed by atoms with E-state index in [1.54, 1.807) is 24.4 Å². The largest absolute Gasteiger partial charge is 0.471 e. The fourth-order valence-electron chi connectivity index (χ4n) is 1.21. The highest BCUT2D eigenvalue weighted by Crippen LogP contribution is 2.15. The van der Waals surface area contributed by atoms with Gasteiger partial charge in [-0.3, -0.25) is 9.59 Å². The first-order chi connectivity index (χ1) is 8.84.